The Balaban J connectivity index is 0. The molecule has 6 nitrogen and oxygen atoms in total. The molecule has 0 aromatic rings. The van der Waals surface area contributed by atoms with Gasteiger partial charge in [0.2, 0.25) is 5.91 Å². The van der Waals surface area contributed by atoms with E-state index in [9.17, 15) is 14.3 Å². The average molecular weight is 233 g/mol. The summed E-state index contributed by atoms with van der Waals surface area (Å²) in [5, 5.41) is 8.99. The van der Waals surface area contributed by atoms with Crippen LogP contribution >= 0.6 is 7.60 Å². The zero-order valence-corrected chi connectivity index (χ0v) is 11.4. The first-order valence-electron chi connectivity index (χ1n) is 3.01. The van der Waals surface area contributed by atoms with Crippen molar-refractivity contribution in [2.24, 2.45) is 0 Å². The summed E-state index contributed by atoms with van der Waals surface area (Å²) in [6.45, 7) is 0.839. The van der Waals surface area contributed by atoms with Crippen molar-refractivity contribution in [1.29, 1.82) is 0 Å². The third-order valence-corrected chi connectivity index (χ3v) is 1.52. The van der Waals surface area contributed by atoms with Crippen LogP contribution < -0.4 is 56.3 Å². The predicted molar refractivity (Wildman–Crippen MR) is 38.1 cm³/mol. The molecule has 8 heteroatoms. The summed E-state index contributed by atoms with van der Waals surface area (Å²) in [4.78, 5) is 28.6. The molecule has 0 aliphatic rings. The van der Waals surface area contributed by atoms with Gasteiger partial charge in [-0.15, -0.1) is 0 Å². The second kappa shape index (κ2) is 7.27. The first-order chi connectivity index (χ1) is 5.33. The number of nitrogens with zero attached hydrogens (tertiary/aromatic N) is 1. The number of carbonyl (C=O) groups excluding carboxylic acids is 1. The van der Waals surface area contributed by atoms with E-state index in [1.54, 1.807) is 0 Å². The minimum absolute atomic E-state index is 0. The van der Waals surface area contributed by atoms with Crippen LogP contribution in [0.4, 0.5) is 0 Å². The van der Waals surface area contributed by atoms with Gasteiger partial charge in [-0.1, -0.05) is 6.08 Å². The van der Waals surface area contributed by atoms with Gasteiger partial charge in [0, 0.05) is 6.92 Å². The Bertz CT molecular complexity index is 237. The van der Waals surface area contributed by atoms with Crippen LogP contribution in [0.15, 0.2) is 11.9 Å². The molecule has 0 radical (unpaired) electrons. The van der Waals surface area contributed by atoms with Crippen LogP contribution in [0.25, 0.3) is 0 Å². The molecule has 0 rings (SSSR count). The van der Waals surface area contributed by atoms with E-state index in [1.165, 1.54) is 0 Å². The first kappa shape index (κ1) is 16.4. The van der Waals surface area contributed by atoms with E-state index in [0.29, 0.717) is 10.9 Å². The van der Waals surface area contributed by atoms with Crippen molar-refractivity contribution in [3.63, 3.8) is 0 Å². The molecule has 0 bridgehead atoms. The van der Waals surface area contributed by atoms with Gasteiger partial charge in [0.25, 0.3) is 0 Å². The zero-order chi connectivity index (χ0) is 9.78. The van der Waals surface area contributed by atoms with Gasteiger partial charge in [-0.3, -0.25) is 10.0 Å². The van der Waals surface area contributed by atoms with Crippen molar-refractivity contribution in [2.75, 3.05) is 6.54 Å². The van der Waals surface area contributed by atoms with E-state index in [1.807, 2.05) is 0 Å². The van der Waals surface area contributed by atoms with Crippen molar-refractivity contribution in [3.05, 3.63) is 11.9 Å². The number of hydrogen-bond acceptors (Lipinski definition) is 4. The summed E-state index contributed by atoms with van der Waals surface area (Å²) >= 11 is 0. The first-order valence-corrected chi connectivity index (χ1v) is 4.66. The molecule has 0 aromatic carbocycles. The van der Waals surface area contributed by atoms with Gasteiger partial charge in [0.15, 0.2) is 7.60 Å². The van der Waals surface area contributed by atoms with Gasteiger partial charge in [0.05, 0.1) is 6.54 Å². The minimum Gasteiger partial charge on any atom is -0.776 e. The molecule has 1 amide bonds. The second-order valence-electron chi connectivity index (χ2n) is 2.05. The van der Waals surface area contributed by atoms with Crippen LogP contribution in [-0.2, 0) is 9.36 Å². The molecule has 0 saturated carbocycles. The Morgan fingerprint density at radius 3 is 2.46 bits per heavy atom. The maximum atomic E-state index is 10.3. The van der Waals surface area contributed by atoms with Gasteiger partial charge in [-0.05, 0) is 5.82 Å². The molecule has 0 saturated heterocycles. The van der Waals surface area contributed by atoms with Crippen LogP contribution in [0.3, 0.4) is 0 Å². The molecule has 1 atom stereocenters. The summed E-state index contributed by atoms with van der Waals surface area (Å²) < 4.78 is 10.1. The zero-order valence-electron chi connectivity index (χ0n) is 7.38. The smallest absolute Gasteiger partial charge is 0.776 e. The maximum absolute atomic E-state index is 10.3. The monoisotopic (exact) mass is 233 g/mol. The third kappa shape index (κ3) is 10.9. The van der Waals surface area contributed by atoms with Gasteiger partial charge in [-0.2, -0.15) is 0 Å². The maximum Gasteiger partial charge on any atom is 1.00 e. The van der Waals surface area contributed by atoms with Crippen molar-refractivity contribution in [2.45, 2.75) is 6.92 Å². The third-order valence-electron chi connectivity index (χ3n) is 0.936. The quantitative estimate of drug-likeness (QED) is 0.226. The molecule has 0 heterocycles. The summed E-state index contributed by atoms with van der Waals surface area (Å²) in [5.74, 6) is -0.0996. The van der Waals surface area contributed by atoms with Crippen molar-refractivity contribution in [1.82, 2.24) is 5.06 Å². The van der Waals surface area contributed by atoms with E-state index >= 15 is 0 Å². The summed E-state index contributed by atoms with van der Waals surface area (Å²) in [6, 6.07) is 0. The SMILES string of the molecule is CC(=O)N(O)C/C=C/P(=O)([O-])O.[K+]. The number of carbonyl (C=O) groups is 1. The molecular formula is C5H9KNO5P. The van der Waals surface area contributed by atoms with Crippen LogP contribution in [0.2, 0.25) is 0 Å². The Morgan fingerprint density at radius 1 is 1.69 bits per heavy atom. The fourth-order valence-corrected chi connectivity index (χ4v) is 0.769. The van der Waals surface area contributed by atoms with E-state index in [-0.39, 0.29) is 57.9 Å². The topological polar surface area (TPSA) is 101 Å². The Labute approximate surface area is 118 Å². The number of hydroxylamine groups is 2. The van der Waals surface area contributed by atoms with Crippen LogP contribution in [0, 0.1) is 0 Å². The fourth-order valence-electron chi connectivity index (χ4n) is 0.409. The predicted octanol–water partition coefficient (Wildman–Crippen LogP) is -3.71. The molecule has 0 aliphatic heterocycles. The molecular weight excluding hydrogens is 224 g/mol. The van der Waals surface area contributed by atoms with Crippen molar-refractivity contribution < 1.29 is 75.7 Å². The largest absolute Gasteiger partial charge is 1.00 e. The average Bonchev–Trinajstić information content (AvgIpc) is 1.84. The summed E-state index contributed by atoms with van der Waals surface area (Å²) in [5.41, 5.74) is 0. The minimum atomic E-state index is -4.43. The molecule has 2 N–H and O–H groups in total. The molecule has 0 aliphatic carbocycles. The van der Waals surface area contributed by atoms with E-state index < -0.39 is 13.5 Å². The van der Waals surface area contributed by atoms with Crippen LogP contribution in [-0.4, -0.2) is 27.6 Å². The normalized spacial score (nSPS) is 14.8. The number of amides is 1. The summed E-state index contributed by atoms with van der Waals surface area (Å²) in [7, 11) is -4.43. The molecule has 0 spiro atoms. The number of hydrogen-bond donors (Lipinski definition) is 2. The van der Waals surface area contributed by atoms with Crippen LogP contribution in [0.5, 0.6) is 0 Å². The Hall–Kier alpha value is 0.956. The van der Waals surface area contributed by atoms with Gasteiger partial charge in [0.1, 0.15) is 0 Å². The second-order valence-corrected chi connectivity index (χ2v) is 3.48. The van der Waals surface area contributed by atoms with E-state index in [4.69, 9.17) is 10.1 Å². The molecule has 70 valence electrons. The van der Waals surface area contributed by atoms with E-state index in [0.717, 1.165) is 13.0 Å². The standard InChI is InChI=1S/C5H10NO5P.K/c1-5(7)6(8)3-2-4-12(9,10)11;/h2,4,8H,3H2,1H3,(H2,9,10,11);/q;+1/p-1/b4-2+;. The molecule has 0 fully saturated rings. The fraction of sp³-hybridized carbons (Fsp3) is 0.400. The Morgan fingerprint density at radius 2 is 2.15 bits per heavy atom. The summed E-state index contributed by atoms with van der Waals surface area (Å²) in [6.07, 6.45) is 0.954. The van der Waals surface area contributed by atoms with Crippen molar-refractivity contribution in [3.8, 4) is 0 Å². The van der Waals surface area contributed by atoms with Gasteiger partial charge >= 0.3 is 51.4 Å². The van der Waals surface area contributed by atoms with Crippen LogP contribution in [0.1, 0.15) is 6.92 Å². The molecule has 13 heavy (non-hydrogen) atoms. The van der Waals surface area contributed by atoms with Crippen molar-refractivity contribution >= 4 is 13.5 Å². The number of rotatable bonds is 3. The van der Waals surface area contributed by atoms with E-state index in [2.05, 4.69) is 0 Å². The molecule has 1 unspecified atom stereocenters. The molecule has 0 aromatic heterocycles. The Kier molecular flexibility index (Phi) is 9.17. The van der Waals surface area contributed by atoms with Gasteiger partial charge < -0.3 is 14.4 Å². The van der Waals surface area contributed by atoms with Gasteiger partial charge in [-0.25, -0.2) is 5.06 Å².